The molecule has 0 heterocycles. The molecule has 0 rings (SSSR count). The quantitative estimate of drug-likeness (QED) is 0.386. The zero-order valence-electron chi connectivity index (χ0n) is 9.90. The minimum atomic E-state index is 0.933. The molecule has 1 unspecified atom stereocenters. The van der Waals surface area contributed by atoms with E-state index >= 15 is 0 Å². The van der Waals surface area contributed by atoms with E-state index in [0.717, 1.165) is 5.92 Å². The fourth-order valence-electron chi connectivity index (χ4n) is 1.42. The smallest absolute Gasteiger partial charge is 0.0323 e. The summed E-state index contributed by atoms with van der Waals surface area (Å²) in [6.45, 7) is 9.01. The summed E-state index contributed by atoms with van der Waals surface area (Å²) < 4.78 is 0. The average molecular weight is 182 g/mol. The molecule has 0 spiro atoms. The van der Waals surface area contributed by atoms with Crippen molar-refractivity contribution in [2.75, 3.05) is 0 Å². The molecule has 0 aliphatic rings. The van der Waals surface area contributed by atoms with E-state index in [2.05, 4.69) is 33.8 Å². The van der Waals surface area contributed by atoms with Gasteiger partial charge in [0, 0.05) is 0 Å². The topological polar surface area (TPSA) is 0 Å². The van der Waals surface area contributed by atoms with E-state index in [1.54, 1.807) is 5.57 Å². The van der Waals surface area contributed by atoms with Gasteiger partial charge in [0.15, 0.2) is 0 Å². The third-order valence-electron chi connectivity index (χ3n) is 2.96. The molecule has 13 heavy (non-hydrogen) atoms. The molecule has 0 saturated heterocycles. The van der Waals surface area contributed by atoms with Gasteiger partial charge in [-0.05, 0) is 32.6 Å². The molecule has 0 fully saturated rings. The molecule has 0 aromatic rings. The Labute approximate surface area is 84.4 Å². The summed E-state index contributed by atoms with van der Waals surface area (Å²) in [6, 6.07) is 0. The summed E-state index contributed by atoms with van der Waals surface area (Å²) >= 11 is 0. The summed E-state index contributed by atoms with van der Waals surface area (Å²) in [5.74, 6) is 0.933. The Morgan fingerprint density at radius 3 is 2.46 bits per heavy atom. The Balaban J connectivity index is 3.17. The number of hydrogen-bond donors (Lipinski definition) is 0. The number of allylic oxidation sites excluding steroid dienone is 2. The van der Waals surface area contributed by atoms with E-state index in [0.29, 0.717) is 0 Å². The molecule has 0 aromatic heterocycles. The SMILES string of the molecule is CC=C(C)CCCCCC(C)CC. The molecule has 1 atom stereocenters. The summed E-state index contributed by atoms with van der Waals surface area (Å²) in [7, 11) is 0. The molecule has 0 aromatic carbocycles. The van der Waals surface area contributed by atoms with Crippen LogP contribution in [0.2, 0.25) is 0 Å². The van der Waals surface area contributed by atoms with Crippen LogP contribution in [0.25, 0.3) is 0 Å². The monoisotopic (exact) mass is 182 g/mol. The van der Waals surface area contributed by atoms with Crippen molar-refractivity contribution in [3.63, 3.8) is 0 Å². The summed E-state index contributed by atoms with van der Waals surface area (Å²) in [4.78, 5) is 0. The lowest BCUT2D eigenvalue weighted by Crippen LogP contribution is -1.91. The molecular formula is C13H26. The molecule has 0 amide bonds. The van der Waals surface area contributed by atoms with Crippen molar-refractivity contribution in [2.45, 2.75) is 66.2 Å². The van der Waals surface area contributed by atoms with Crippen molar-refractivity contribution >= 4 is 0 Å². The Morgan fingerprint density at radius 2 is 1.92 bits per heavy atom. The molecular weight excluding hydrogens is 156 g/mol. The van der Waals surface area contributed by atoms with E-state index in [9.17, 15) is 0 Å². The van der Waals surface area contributed by atoms with Gasteiger partial charge in [-0.2, -0.15) is 0 Å². The normalized spacial score (nSPS) is 14.6. The van der Waals surface area contributed by atoms with Crippen LogP contribution in [0.5, 0.6) is 0 Å². The van der Waals surface area contributed by atoms with Gasteiger partial charge in [0.1, 0.15) is 0 Å². The predicted molar refractivity (Wildman–Crippen MR) is 62.0 cm³/mol. The Bertz CT molecular complexity index is 133. The minimum Gasteiger partial charge on any atom is -0.0887 e. The van der Waals surface area contributed by atoms with Gasteiger partial charge < -0.3 is 0 Å². The van der Waals surface area contributed by atoms with E-state index < -0.39 is 0 Å². The molecule has 0 N–H and O–H groups in total. The predicted octanol–water partition coefficient (Wildman–Crippen LogP) is 4.95. The van der Waals surface area contributed by atoms with E-state index in [1.807, 2.05) is 0 Å². The fourth-order valence-corrected chi connectivity index (χ4v) is 1.42. The molecule has 0 aliphatic carbocycles. The molecule has 0 saturated carbocycles. The molecule has 78 valence electrons. The third-order valence-corrected chi connectivity index (χ3v) is 2.96. The highest BCUT2D eigenvalue weighted by atomic mass is 14.0. The van der Waals surface area contributed by atoms with Crippen LogP contribution in [0.15, 0.2) is 11.6 Å². The zero-order chi connectivity index (χ0) is 10.1. The van der Waals surface area contributed by atoms with Gasteiger partial charge in [-0.1, -0.05) is 51.2 Å². The van der Waals surface area contributed by atoms with Gasteiger partial charge >= 0.3 is 0 Å². The van der Waals surface area contributed by atoms with Crippen molar-refractivity contribution in [1.82, 2.24) is 0 Å². The van der Waals surface area contributed by atoms with Crippen LogP contribution >= 0.6 is 0 Å². The van der Waals surface area contributed by atoms with E-state index in [1.165, 1.54) is 38.5 Å². The van der Waals surface area contributed by atoms with E-state index in [4.69, 9.17) is 0 Å². The maximum absolute atomic E-state index is 2.36. The molecule has 0 bridgehead atoms. The molecule has 0 aliphatic heterocycles. The van der Waals surface area contributed by atoms with Gasteiger partial charge in [-0.15, -0.1) is 0 Å². The highest BCUT2D eigenvalue weighted by molar-refractivity contribution is 4.94. The van der Waals surface area contributed by atoms with E-state index in [-0.39, 0.29) is 0 Å². The van der Waals surface area contributed by atoms with Gasteiger partial charge in [0.05, 0.1) is 0 Å². The Hall–Kier alpha value is -0.260. The Kier molecular flexibility index (Phi) is 8.18. The van der Waals surface area contributed by atoms with Crippen LogP contribution in [0.3, 0.4) is 0 Å². The lowest BCUT2D eigenvalue weighted by molar-refractivity contribution is 0.478. The van der Waals surface area contributed by atoms with Crippen molar-refractivity contribution in [3.05, 3.63) is 11.6 Å². The van der Waals surface area contributed by atoms with Crippen molar-refractivity contribution in [1.29, 1.82) is 0 Å². The van der Waals surface area contributed by atoms with Crippen molar-refractivity contribution in [3.8, 4) is 0 Å². The first-order chi connectivity index (χ1) is 6.20. The number of unbranched alkanes of at least 4 members (excludes halogenated alkanes) is 2. The van der Waals surface area contributed by atoms with Crippen molar-refractivity contribution < 1.29 is 0 Å². The summed E-state index contributed by atoms with van der Waals surface area (Å²) in [6.07, 6.45) is 10.5. The van der Waals surface area contributed by atoms with Crippen LogP contribution < -0.4 is 0 Å². The highest BCUT2D eigenvalue weighted by Gasteiger charge is 1.97. The Morgan fingerprint density at radius 1 is 1.23 bits per heavy atom. The molecule has 0 radical (unpaired) electrons. The highest BCUT2D eigenvalue weighted by Crippen LogP contribution is 2.14. The second-order valence-corrected chi connectivity index (χ2v) is 4.25. The van der Waals surface area contributed by atoms with Gasteiger partial charge in [0.25, 0.3) is 0 Å². The van der Waals surface area contributed by atoms with Crippen LogP contribution in [0.4, 0.5) is 0 Å². The maximum Gasteiger partial charge on any atom is -0.0323 e. The first kappa shape index (κ1) is 12.7. The number of hydrogen-bond acceptors (Lipinski definition) is 0. The van der Waals surface area contributed by atoms with Gasteiger partial charge in [-0.3, -0.25) is 0 Å². The maximum atomic E-state index is 2.36. The van der Waals surface area contributed by atoms with Gasteiger partial charge in [-0.25, -0.2) is 0 Å². The van der Waals surface area contributed by atoms with Crippen LogP contribution in [0.1, 0.15) is 66.2 Å². The van der Waals surface area contributed by atoms with Crippen LogP contribution in [-0.2, 0) is 0 Å². The van der Waals surface area contributed by atoms with Crippen LogP contribution in [0, 0.1) is 5.92 Å². The first-order valence-electron chi connectivity index (χ1n) is 5.82. The largest absolute Gasteiger partial charge is 0.0887 e. The lowest BCUT2D eigenvalue weighted by Gasteiger charge is -2.07. The fraction of sp³-hybridized carbons (Fsp3) is 0.846. The van der Waals surface area contributed by atoms with Crippen molar-refractivity contribution in [2.24, 2.45) is 5.92 Å². The standard InChI is InChI=1S/C13H26/c1-5-12(3)10-8-7-9-11-13(4)6-2/h5,13H,6-11H2,1-4H3. The zero-order valence-corrected chi connectivity index (χ0v) is 9.90. The summed E-state index contributed by atoms with van der Waals surface area (Å²) in [5.41, 5.74) is 1.54. The second kappa shape index (κ2) is 8.34. The third kappa shape index (κ3) is 8.08. The van der Waals surface area contributed by atoms with Crippen LogP contribution in [-0.4, -0.2) is 0 Å². The second-order valence-electron chi connectivity index (χ2n) is 4.25. The summed E-state index contributed by atoms with van der Waals surface area (Å²) in [5, 5.41) is 0. The first-order valence-corrected chi connectivity index (χ1v) is 5.82. The van der Waals surface area contributed by atoms with Gasteiger partial charge in [0.2, 0.25) is 0 Å². The lowest BCUT2D eigenvalue weighted by atomic mass is 9.99. The minimum absolute atomic E-state index is 0.933. The molecule has 0 heteroatoms. The average Bonchev–Trinajstić information content (AvgIpc) is 2.16. The number of rotatable bonds is 7. The molecule has 0 nitrogen and oxygen atoms in total.